The van der Waals surface area contributed by atoms with Gasteiger partial charge in [0.15, 0.2) is 0 Å². The minimum absolute atomic E-state index is 0.537. The Hall–Kier alpha value is -0.820. The van der Waals surface area contributed by atoms with Crippen LogP contribution in [0.2, 0.25) is 0 Å². The highest BCUT2D eigenvalue weighted by Crippen LogP contribution is 2.23. The van der Waals surface area contributed by atoms with E-state index in [1.54, 1.807) is 0 Å². The molecular formula is C14H23N. The lowest BCUT2D eigenvalue weighted by atomic mass is 9.93. The summed E-state index contributed by atoms with van der Waals surface area (Å²) in [5.41, 5.74) is 4.49. The molecule has 1 nitrogen and oxygen atoms in total. The van der Waals surface area contributed by atoms with Crippen molar-refractivity contribution in [2.24, 2.45) is 0 Å². The molecule has 0 radical (unpaired) electrons. The number of nitrogens with one attached hydrogen (secondary N) is 1. The smallest absolute Gasteiger partial charge is 0.0294 e. The van der Waals surface area contributed by atoms with Crippen molar-refractivity contribution in [2.45, 2.75) is 46.6 Å². The second-order valence-corrected chi connectivity index (χ2v) is 3.81. The Labute approximate surface area is 93.9 Å². The predicted octanol–water partition coefficient (Wildman–Crippen LogP) is 3.48. The van der Waals surface area contributed by atoms with E-state index in [4.69, 9.17) is 0 Å². The molecule has 1 aliphatic rings. The van der Waals surface area contributed by atoms with E-state index < -0.39 is 0 Å². The van der Waals surface area contributed by atoms with Gasteiger partial charge in [-0.3, -0.25) is 0 Å². The number of aryl methyl sites for hydroxylation is 1. The summed E-state index contributed by atoms with van der Waals surface area (Å²) in [7, 11) is 0. The van der Waals surface area contributed by atoms with Gasteiger partial charge in [-0.1, -0.05) is 39.0 Å². The van der Waals surface area contributed by atoms with Gasteiger partial charge in [-0.15, -0.1) is 0 Å². The minimum atomic E-state index is 0.537. The fraction of sp³-hybridized carbons (Fsp3) is 0.571. The Balaban J connectivity index is 0.000000531. The maximum absolute atomic E-state index is 3.49. The highest BCUT2D eigenvalue weighted by molar-refractivity contribution is 5.36. The maximum atomic E-state index is 3.49. The quantitative estimate of drug-likeness (QED) is 0.740. The van der Waals surface area contributed by atoms with Crippen LogP contribution in [-0.4, -0.2) is 6.54 Å². The molecule has 1 aliphatic heterocycles. The molecule has 0 bridgehead atoms. The Kier molecular flexibility index (Phi) is 4.83. The zero-order valence-electron chi connectivity index (χ0n) is 10.4. The molecule has 1 heterocycles. The SMILES string of the molecule is CC.CCc1ccc2c(c1)C(C)NCC2. The first-order valence-corrected chi connectivity index (χ1v) is 6.16. The lowest BCUT2D eigenvalue weighted by Gasteiger charge is -2.24. The summed E-state index contributed by atoms with van der Waals surface area (Å²) in [5, 5.41) is 3.49. The molecule has 0 aliphatic carbocycles. The molecule has 0 saturated carbocycles. The van der Waals surface area contributed by atoms with E-state index in [9.17, 15) is 0 Å². The van der Waals surface area contributed by atoms with E-state index in [0.29, 0.717) is 6.04 Å². The zero-order valence-corrected chi connectivity index (χ0v) is 10.4. The average Bonchev–Trinajstić information content (AvgIpc) is 2.32. The number of rotatable bonds is 1. The number of fused-ring (bicyclic) bond motifs is 1. The average molecular weight is 205 g/mol. The van der Waals surface area contributed by atoms with Crippen molar-refractivity contribution in [1.29, 1.82) is 0 Å². The lowest BCUT2D eigenvalue weighted by molar-refractivity contribution is 0.540. The normalized spacial score (nSPS) is 18.8. The van der Waals surface area contributed by atoms with E-state index in [1.807, 2.05) is 13.8 Å². The second-order valence-electron chi connectivity index (χ2n) is 3.81. The molecular weight excluding hydrogens is 182 g/mol. The van der Waals surface area contributed by atoms with Crippen molar-refractivity contribution in [3.05, 3.63) is 34.9 Å². The summed E-state index contributed by atoms with van der Waals surface area (Å²) < 4.78 is 0. The van der Waals surface area contributed by atoms with Gasteiger partial charge in [0.2, 0.25) is 0 Å². The van der Waals surface area contributed by atoms with Gasteiger partial charge in [0.1, 0.15) is 0 Å². The lowest BCUT2D eigenvalue weighted by Crippen LogP contribution is -2.27. The van der Waals surface area contributed by atoms with Crippen LogP contribution in [0.3, 0.4) is 0 Å². The summed E-state index contributed by atoms with van der Waals surface area (Å²) in [6.07, 6.45) is 2.32. The standard InChI is InChI=1S/C12H17N.C2H6/c1-3-10-4-5-11-6-7-13-9(2)12(11)8-10;1-2/h4-5,8-9,13H,3,6-7H2,1-2H3;1-2H3. The minimum Gasteiger partial charge on any atom is -0.310 e. The van der Waals surface area contributed by atoms with Crippen LogP contribution in [-0.2, 0) is 12.8 Å². The first-order chi connectivity index (χ1) is 7.31. The first-order valence-electron chi connectivity index (χ1n) is 6.16. The Morgan fingerprint density at radius 3 is 2.73 bits per heavy atom. The summed E-state index contributed by atoms with van der Waals surface area (Å²) in [6.45, 7) is 9.58. The van der Waals surface area contributed by atoms with Crippen molar-refractivity contribution < 1.29 is 0 Å². The van der Waals surface area contributed by atoms with Gasteiger partial charge in [-0.25, -0.2) is 0 Å². The number of benzene rings is 1. The van der Waals surface area contributed by atoms with Crippen LogP contribution >= 0.6 is 0 Å². The number of hydrogen-bond acceptors (Lipinski definition) is 1. The zero-order chi connectivity index (χ0) is 11.3. The van der Waals surface area contributed by atoms with Gasteiger partial charge in [0, 0.05) is 6.04 Å². The predicted molar refractivity (Wildman–Crippen MR) is 67.3 cm³/mol. The maximum Gasteiger partial charge on any atom is 0.0294 e. The molecule has 1 aromatic rings. The molecule has 0 spiro atoms. The summed E-state index contributed by atoms with van der Waals surface area (Å²) in [4.78, 5) is 0. The van der Waals surface area contributed by atoms with Gasteiger partial charge < -0.3 is 5.32 Å². The first kappa shape index (κ1) is 12.3. The monoisotopic (exact) mass is 205 g/mol. The van der Waals surface area contributed by atoms with E-state index in [0.717, 1.165) is 13.0 Å². The molecule has 0 fully saturated rings. The van der Waals surface area contributed by atoms with E-state index in [-0.39, 0.29) is 0 Å². The van der Waals surface area contributed by atoms with E-state index >= 15 is 0 Å². The molecule has 0 aromatic heterocycles. The molecule has 1 aromatic carbocycles. The van der Waals surface area contributed by atoms with Crippen LogP contribution in [0.4, 0.5) is 0 Å². The van der Waals surface area contributed by atoms with Crippen molar-refractivity contribution in [3.63, 3.8) is 0 Å². The van der Waals surface area contributed by atoms with Crippen molar-refractivity contribution in [1.82, 2.24) is 5.32 Å². The molecule has 0 saturated heterocycles. The third-order valence-electron chi connectivity index (χ3n) is 2.93. The van der Waals surface area contributed by atoms with Gasteiger partial charge in [0.05, 0.1) is 0 Å². The fourth-order valence-corrected chi connectivity index (χ4v) is 2.03. The van der Waals surface area contributed by atoms with Crippen LogP contribution in [0.1, 0.15) is 50.4 Å². The van der Waals surface area contributed by atoms with Gasteiger partial charge in [-0.05, 0) is 43.0 Å². The van der Waals surface area contributed by atoms with Gasteiger partial charge >= 0.3 is 0 Å². The van der Waals surface area contributed by atoms with Crippen molar-refractivity contribution in [3.8, 4) is 0 Å². The Bertz CT molecular complexity index is 304. The summed E-state index contributed by atoms with van der Waals surface area (Å²) in [6, 6.07) is 7.45. The van der Waals surface area contributed by atoms with Crippen LogP contribution in [0, 0.1) is 0 Å². The Morgan fingerprint density at radius 2 is 2.07 bits per heavy atom. The van der Waals surface area contributed by atoms with Gasteiger partial charge in [0.25, 0.3) is 0 Å². The highest BCUT2D eigenvalue weighted by atomic mass is 14.9. The fourth-order valence-electron chi connectivity index (χ4n) is 2.03. The second kappa shape index (κ2) is 5.92. The van der Waals surface area contributed by atoms with Crippen molar-refractivity contribution >= 4 is 0 Å². The van der Waals surface area contributed by atoms with Crippen molar-refractivity contribution in [2.75, 3.05) is 6.54 Å². The topological polar surface area (TPSA) is 12.0 Å². The largest absolute Gasteiger partial charge is 0.310 e. The van der Waals surface area contributed by atoms with E-state index in [1.165, 1.54) is 23.1 Å². The third kappa shape index (κ3) is 2.82. The highest BCUT2D eigenvalue weighted by Gasteiger charge is 2.14. The number of hydrogen-bond donors (Lipinski definition) is 1. The van der Waals surface area contributed by atoms with Crippen LogP contribution in [0.5, 0.6) is 0 Å². The summed E-state index contributed by atoms with van der Waals surface area (Å²) >= 11 is 0. The summed E-state index contributed by atoms with van der Waals surface area (Å²) in [5.74, 6) is 0. The van der Waals surface area contributed by atoms with Crippen LogP contribution in [0.15, 0.2) is 18.2 Å². The third-order valence-corrected chi connectivity index (χ3v) is 2.93. The molecule has 84 valence electrons. The molecule has 1 unspecified atom stereocenters. The van der Waals surface area contributed by atoms with Crippen LogP contribution in [0.25, 0.3) is 0 Å². The molecule has 1 N–H and O–H groups in total. The molecule has 0 amide bonds. The molecule has 15 heavy (non-hydrogen) atoms. The molecule has 2 rings (SSSR count). The molecule has 1 atom stereocenters. The van der Waals surface area contributed by atoms with Gasteiger partial charge in [-0.2, -0.15) is 0 Å². The van der Waals surface area contributed by atoms with Crippen LogP contribution < -0.4 is 5.32 Å². The Morgan fingerprint density at radius 1 is 1.33 bits per heavy atom. The molecule has 1 heteroatoms. The van der Waals surface area contributed by atoms with E-state index in [2.05, 4.69) is 37.4 Å².